The van der Waals surface area contributed by atoms with Crippen molar-refractivity contribution in [2.45, 2.75) is 38.3 Å². The van der Waals surface area contributed by atoms with E-state index >= 15 is 0 Å². The van der Waals surface area contributed by atoms with Crippen LogP contribution in [-0.4, -0.2) is 16.1 Å². The van der Waals surface area contributed by atoms with Gasteiger partial charge < -0.3 is 5.11 Å². The Bertz CT molecular complexity index is 472. The largest absolute Gasteiger partial charge is 0.481 e. The first-order valence-electron chi connectivity index (χ1n) is 6.04. The van der Waals surface area contributed by atoms with E-state index in [0.29, 0.717) is 35.0 Å². The third-order valence-electron chi connectivity index (χ3n) is 3.56. The van der Waals surface area contributed by atoms with E-state index in [-0.39, 0.29) is 5.92 Å². The van der Waals surface area contributed by atoms with Crippen LogP contribution in [0.4, 0.5) is 13.2 Å². The van der Waals surface area contributed by atoms with Gasteiger partial charge in [-0.2, -0.15) is 13.2 Å². The molecule has 3 atom stereocenters. The number of halogens is 3. The van der Waals surface area contributed by atoms with Crippen molar-refractivity contribution in [1.29, 1.82) is 0 Å². The number of thiazole rings is 1. The standard InChI is InChI=1S/C12H14F3NO2S/c1-6-2-3-7(10(17)18)8(4-6)9-5-16-11(19-9)12(13,14)15/h5-8H,2-4H2,1H3,(H,17,18). The molecule has 0 aromatic carbocycles. The number of rotatable bonds is 2. The lowest BCUT2D eigenvalue weighted by Gasteiger charge is -2.31. The highest BCUT2D eigenvalue weighted by atomic mass is 32.1. The van der Waals surface area contributed by atoms with Gasteiger partial charge in [0.2, 0.25) is 0 Å². The Morgan fingerprint density at radius 3 is 2.68 bits per heavy atom. The van der Waals surface area contributed by atoms with E-state index in [1.54, 1.807) is 0 Å². The van der Waals surface area contributed by atoms with Crippen molar-refractivity contribution in [1.82, 2.24) is 4.98 Å². The Labute approximate surface area is 112 Å². The quantitative estimate of drug-likeness (QED) is 0.903. The molecule has 0 aliphatic heterocycles. The molecule has 19 heavy (non-hydrogen) atoms. The maximum atomic E-state index is 12.5. The van der Waals surface area contributed by atoms with Crippen LogP contribution in [0.15, 0.2) is 6.20 Å². The second kappa shape index (κ2) is 5.11. The molecule has 1 aromatic heterocycles. The lowest BCUT2D eigenvalue weighted by molar-refractivity contribution is -0.143. The van der Waals surface area contributed by atoms with Gasteiger partial charge in [0.25, 0.3) is 0 Å². The van der Waals surface area contributed by atoms with Crippen molar-refractivity contribution in [2.75, 3.05) is 0 Å². The molecule has 0 radical (unpaired) electrons. The number of carbonyl (C=O) groups is 1. The number of carboxylic acids is 1. The van der Waals surface area contributed by atoms with Crippen LogP contribution in [0.2, 0.25) is 0 Å². The topological polar surface area (TPSA) is 50.2 Å². The molecular formula is C12H14F3NO2S. The van der Waals surface area contributed by atoms with Crippen LogP contribution < -0.4 is 0 Å². The Balaban J connectivity index is 2.26. The minimum Gasteiger partial charge on any atom is -0.481 e. The van der Waals surface area contributed by atoms with Gasteiger partial charge in [0.15, 0.2) is 5.01 Å². The molecular weight excluding hydrogens is 279 g/mol. The molecule has 1 aromatic rings. The molecule has 1 aliphatic carbocycles. The summed E-state index contributed by atoms with van der Waals surface area (Å²) in [6, 6.07) is 0. The fourth-order valence-corrected chi connectivity index (χ4v) is 3.54. The van der Waals surface area contributed by atoms with Crippen molar-refractivity contribution >= 4 is 17.3 Å². The summed E-state index contributed by atoms with van der Waals surface area (Å²) >= 11 is 0.570. The third-order valence-corrected chi connectivity index (χ3v) is 4.74. The van der Waals surface area contributed by atoms with Crippen molar-refractivity contribution in [3.8, 4) is 0 Å². The average molecular weight is 293 g/mol. The van der Waals surface area contributed by atoms with E-state index in [1.807, 2.05) is 6.92 Å². The summed E-state index contributed by atoms with van der Waals surface area (Å²) < 4.78 is 37.6. The maximum Gasteiger partial charge on any atom is 0.443 e. The molecule has 0 bridgehead atoms. The van der Waals surface area contributed by atoms with Gasteiger partial charge in [0.1, 0.15) is 0 Å². The lowest BCUT2D eigenvalue weighted by Crippen LogP contribution is -2.27. The Hall–Kier alpha value is -1.11. The highest BCUT2D eigenvalue weighted by Crippen LogP contribution is 2.44. The molecule has 1 saturated carbocycles. The number of aliphatic carboxylic acids is 1. The van der Waals surface area contributed by atoms with Gasteiger partial charge in [-0.1, -0.05) is 6.92 Å². The number of aromatic nitrogens is 1. The molecule has 7 heteroatoms. The summed E-state index contributed by atoms with van der Waals surface area (Å²) in [4.78, 5) is 15.0. The summed E-state index contributed by atoms with van der Waals surface area (Å²) in [5, 5.41) is 8.29. The zero-order chi connectivity index (χ0) is 14.2. The van der Waals surface area contributed by atoms with E-state index in [1.165, 1.54) is 6.20 Å². The molecule has 1 aliphatic rings. The molecule has 3 nitrogen and oxygen atoms in total. The van der Waals surface area contributed by atoms with Crippen LogP contribution in [0.1, 0.15) is 42.0 Å². The van der Waals surface area contributed by atoms with Gasteiger partial charge in [0.05, 0.1) is 5.92 Å². The second-order valence-corrected chi connectivity index (χ2v) is 6.10. The van der Waals surface area contributed by atoms with Crippen LogP contribution in [0, 0.1) is 11.8 Å². The molecule has 1 N–H and O–H groups in total. The molecule has 0 saturated heterocycles. The summed E-state index contributed by atoms with van der Waals surface area (Å²) in [5.41, 5.74) is 0. The maximum absolute atomic E-state index is 12.5. The van der Waals surface area contributed by atoms with Crippen molar-refractivity contribution in [3.05, 3.63) is 16.1 Å². The van der Waals surface area contributed by atoms with E-state index in [2.05, 4.69) is 4.98 Å². The van der Waals surface area contributed by atoms with E-state index in [0.717, 1.165) is 6.42 Å². The van der Waals surface area contributed by atoms with Crippen LogP contribution in [0.25, 0.3) is 0 Å². The van der Waals surface area contributed by atoms with E-state index < -0.39 is 23.1 Å². The van der Waals surface area contributed by atoms with Crippen molar-refractivity contribution in [2.24, 2.45) is 11.8 Å². The summed E-state index contributed by atoms with van der Waals surface area (Å²) in [6.07, 6.45) is -1.34. The molecule has 3 unspecified atom stereocenters. The summed E-state index contributed by atoms with van der Waals surface area (Å²) in [6.45, 7) is 2.00. The van der Waals surface area contributed by atoms with Gasteiger partial charge >= 0.3 is 12.1 Å². The van der Waals surface area contributed by atoms with Gasteiger partial charge in [-0.3, -0.25) is 4.79 Å². The number of nitrogens with zero attached hydrogens (tertiary/aromatic N) is 1. The fourth-order valence-electron chi connectivity index (χ4n) is 2.58. The summed E-state index contributed by atoms with van der Waals surface area (Å²) in [5.74, 6) is -1.55. The number of carboxylic acid groups (broad SMARTS) is 1. The minimum absolute atomic E-state index is 0.331. The zero-order valence-corrected chi connectivity index (χ0v) is 11.1. The van der Waals surface area contributed by atoms with Crippen LogP contribution in [0.3, 0.4) is 0 Å². The average Bonchev–Trinajstić information content (AvgIpc) is 2.77. The lowest BCUT2D eigenvalue weighted by atomic mass is 9.74. The van der Waals surface area contributed by atoms with Crippen LogP contribution >= 0.6 is 11.3 Å². The fraction of sp³-hybridized carbons (Fsp3) is 0.667. The summed E-state index contributed by atoms with van der Waals surface area (Å²) in [7, 11) is 0. The predicted octanol–water partition coefficient (Wildman–Crippen LogP) is 3.77. The van der Waals surface area contributed by atoms with Crippen molar-refractivity contribution < 1.29 is 23.1 Å². The first-order chi connectivity index (χ1) is 8.79. The predicted molar refractivity (Wildman–Crippen MR) is 64.0 cm³/mol. The van der Waals surface area contributed by atoms with Crippen LogP contribution in [0.5, 0.6) is 0 Å². The van der Waals surface area contributed by atoms with Gasteiger partial charge in [-0.15, -0.1) is 11.3 Å². The van der Waals surface area contributed by atoms with Crippen molar-refractivity contribution in [3.63, 3.8) is 0 Å². The smallest absolute Gasteiger partial charge is 0.443 e. The third kappa shape index (κ3) is 3.08. The second-order valence-electron chi connectivity index (χ2n) is 5.03. The first kappa shape index (κ1) is 14.3. The van der Waals surface area contributed by atoms with E-state index in [9.17, 15) is 23.1 Å². The highest BCUT2D eigenvalue weighted by molar-refractivity contribution is 7.11. The zero-order valence-electron chi connectivity index (χ0n) is 10.3. The van der Waals surface area contributed by atoms with Gasteiger partial charge in [0, 0.05) is 17.0 Å². The SMILES string of the molecule is CC1CCC(C(=O)O)C(c2cnc(C(F)(F)F)s2)C1. The minimum atomic E-state index is -4.46. The molecule has 2 rings (SSSR count). The Kier molecular flexibility index (Phi) is 3.85. The normalized spacial score (nSPS) is 28.3. The highest BCUT2D eigenvalue weighted by Gasteiger charge is 2.39. The van der Waals surface area contributed by atoms with E-state index in [4.69, 9.17) is 0 Å². The first-order valence-corrected chi connectivity index (χ1v) is 6.86. The molecule has 106 valence electrons. The van der Waals surface area contributed by atoms with Gasteiger partial charge in [-0.25, -0.2) is 4.98 Å². The molecule has 0 spiro atoms. The molecule has 1 fully saturated rings. The number of hydrogen-bond acceptors (Lipinski definition) is 3. The Morgan fingerprint density at radius 2 is 2.16 bits per heavy atom. The molecule has 1 heterocycles. The van der Waals surface area contributed by atoms with Gasteiger partial charge in [-0.05, 0) is 25.2 Å². The Morgan fingerprint density at radius 1 is 1.47 bits per heavy atom. The van der Waals surface area contributed by atoms with Crippen LogP contribution in [-0.2, 0) is 11.0 Å². The number of alkyl halides is 3. The molecule has 0 amide bonds. The number of hydrogen-bond donors (Lipinski definition) is 1. The monoisotopic (exact) mass is 293 g/mol.